The summed E-state index contributed by atoms with van der Waals surface area (Å²) in [4.78, 5) is 57.9. The molecule has 9 heteroatoms. The summed E-state index contributed by atoms with van der Waals surface area (Å²) < 4.78 is 4.50. The van der Waals surface area contributed by atoms with Crippen LogP contribution in [0.2, 0.25) is 0 Å². The topological polar surface area (TPSA) is 155 Å². The van der Waals surface area contributed by atoms with Crippen LogP contribution in [0.1, 0.15) is 57.4 Å². The van der Waals surface area contributed by atoms with E-state index < -0.39 is 40.8 Å². The summed E-state index contributed by atoms with van der Waals surface area (Å²) in [6.07, 6.45) is 0. The molecule has 0 aliphatic carbocycles. The van der Waals surface area contributed by atoms with E-state index in [0.717, 1.165) is 43.5 Å². The highest BCUT2D eigenvalue weighted by atomic mass is 16.5. The maximum Gasteiger partial charge on any atom is 0.338 e. The van der Waals surface area contributed by atoms with Crippen LogP contribution in [0.3, 0.4) is 0 Å². The zero-order valence-electron chi connectivity index (χ0n) is 13.8. The Balaban J connectivity index is 2.56. The van der Waals surface area contributed by atoms with Gasteiger partial charge >= 0.3 is 23.9 Å². The molecule has 9 nitrogen and oxygen atoms in total. The van der Waals surface area contributed by atoms with E-state index >= 15 is 0 Å². The molecule has 0 spiro atoms. The molecule has 2 aromatic rings. The van der Waals surface area contributed by atoms with Crippen LogP contribution in [-0.4, -0.2) is 52.1 Å². The van der Waals surface area contributed by atoms with E-state index in [1.165, 1.54) is 0 Å². The number of rotatable bonds is 6. The van der Waals surface area contributed by atoms with Gasteiger partial charge in [0.15, 0.2) is 5.78 Å². The third-order valence-corrected chi connectivity index (χ3v) is 3.66. The van der Waals surface area contributed by atoms with E-state index in [1.54, 1.807) is 0 Å². The summed E-state index contributed by atoms with van der Waals surface area (Å²) in [6, 6.07) is 6.22. The number of carbonyl (C=O) groups excluding carboxylic acids is 2. The second-order valence-corrected chi connectivity index (χ2v) is 5.26. The number of benzene rings is 2. The first-order chi connectivity index (χ1) is 12.7. The number of hydrogen-bond donors (Lipinski definition) is 3. The van der Waals surface area contributed by atoms with E-state index in [0.29, 0.717) is 0 Å². The lowest BCUT2D eigenvalue weighted by molar-refractivity contribution is 0.0582. The molecule has 0 aromatic heterocycles. The predicted molar refractivity (Wildman–Crippen MR) is 88.5 cm³/mol. The number of carboxylic acid groups (broad SMARTS) is 3. The highest BCUT2D eigenvalue weighted by Crippen LogP contribution is 2.19. The number of esters is 1. The Hall–Kier alpha value is -4.01. The molecule has 3 N–H and O–H groups in total. The van der Waals surface area contributed by atoms with Gasteiger partial charge < -0.3 is 20.1 Å². The highest BCUT2D eigenvalue weighted by Gasteiger charge is 2.22. The van der Waals surface area contributed by atoms with Gasteiger partial charge in [0.2, 0.25) is 0 Å². The minimum Gasteiger partial charge on any atom is -0.478 e. The molecule has 0 radical (unpaired) electrons. The van der Waals surface area contributed by atoms with Gasteiger partial charge in [-0.3, -0.25) is 4.79 Å². The largest absolute Gasteiger partial charge is 0.478 e. The molecule has 0 saturated heterocycles. The van der Waals surface area contributed by atoms with Crippen molar-refractivity contribution in [3.05, 3.63) is 69.8 Å². The van der Waals surface area contributed by atoms with Gasteiger partial charge in [0.1, 0.15) is 0 Å². The lowest BCUT2D eigenvalue weighted by Crippen LogP contribution is -2.13. The number of methoxy groups -OCH3 is 1. The van der Waals surface area contributed by atoms with Crippen LogP contribution in [0.4, 0.5) is 0 Å². The Morgan fingerprint density at radius 2 is 1.07 bits per heavy atom. The quantitative estimate of drug-likeness (QED) is 0.508. The Kier molecular flexibility index (Phi) is 5.35. The Labute approximate surface area is 151 Å². The third kappa shape index (κ3) is 3.82. The molecule has 0 saturated carbocycles. The molecule has 2 aromatic carbocycles. The molecule has 0 aliphatic rings. The minimum atomic E-state index is -1.53. The van der Waals surface area contributed by atoms with Gasteiger partial charge in [-0.1, -0.05) is 12.1 Å². The van der Waals surface area contributed by atoms with Crippen molar-refractivity contribution >= 4 is 29.7 Å². The number of ketones is 1. The summed E-state index contributed by atoms with van der Waals surface area (Å²) in [5.41, 5.74) is -2.03. The lowest BCUT2D eigenvalue weighted by atomic mass is 9.95. The van der Waals surface area contributed by atoms with Crippen LogP contribution in [0, 0.1) is 0 Å². The Morgan fingerprint density at radius 3 is 1.48 bits per heavy atom. The zero-order chi connectivity index (χ0) is 20.3. The van der Waals surface area contributed by atoms with Crippen molar-refractivity contribution in [1.29, 1.82) is 0 Å². The van der Waals surface area contributed by atoms with Crippen molar-refractivity contribution in [1.82, 2.24) is 0 Å². The molecule has 2 rings (SSSR count). The maximum absolute atomic E-state index is 12.6. The summed E-state index contributed by atoms with van der Waals surface area (Å²) in [6.45, 7) is 0. The second kappa shape index (κ2) is 7.48. The van der Waals surface area contributed by atoms with E-state index in [-0.39, 0.29) is 22.3 Å². The molecule has 138 valence electrons. The summed E-state index contributed by atoms with van der Waals surface area (Å²) in [5, 5.41) is 27.3. The van der Waals surface area contributed by atoms with Gasteiger partial charge in [0.05, 0.1) is 29.4 Å². The van der Waals surface area contributed by atoms with Crippen molar-refractivity contribution in [3.8, 4) is 0 Å². The second-order valence-electron chi connectivity index (χ2n) is 5.26. The fourth-order valence-corrected chi connectivity index (χ4v) is 2.37. The number of aromatic carboxylic acids is 3. The molecule has 27 heavy (non-hydrogen) atoms. The minimum absolute atomic E-state index is 0.0974. The van der Waals surface area contributed by atoms with Crippen molar-refractivity contribution in [3.63, 3.8) is 0 Å². The highest BCUT2D eigenvalue weighted by molar-refractivity contribution is 6.13. The molecule has 0 unspecified atom stereocenters. The van der Waals surface area contributed by atoms with Crippen molar-refractivity contribution in [2.24, 2.45) is 0 Å². The van der Waals surface area contributed by atoms with E-state index in [2.05, 4.69) is 4.74 Å². The van der Waals surface area contributed by atoms with E-state index in [1.807, 2.05) is 0 Å². The van der Waals surface area contributed by atoms with Crippen LogP contribution >= 0.6 is 0 Å². The van der Waals surface area contributed by atoms with Crippen LogP contribution in [0.25, 0.3) is 0 Å². The lowest BCUT2D eigenvalue weighted by Gasteiger charge is -2.09. The summed E-state index contributed by atoms with van der Waals surface area (Å²) >= 11 is 0. The first kappa shape index (κ1) is 19.3. The van der Waals surface area contributed by atoms with Gasteiger partial charge in [0.25, 0.3) is 0 Å². The first-order valence-electron chi connectivity index (χ1n) is 7.28. The number of carboxylic acids is 3. The van der Waals surface area contributed by atoms with E-state index in [4.69, 9.17) is 15.3 Å². The van der Waals surface area contributed by atoms with Crippen LogP contribution in [0.15, 0.2) is 36.4 Å². The van der Waals surface area contributed by atoms with E-state index in [9.17, 15) is 24.0 Å². The third-order valence-electron chi connectivity index (χ3n) is 3.66. The molecular formula is C18H12O9. The zero-order valence-corrected chi connectivity index (χ0v) is 13.8. The van der Waals surface area contributed by atoms with Gasteiger partial charge in [-0.2, -0.15) is 0 Å². The van der Waals surface area contributed by atoms with Crippen LogP contribution < -0.4 is 0 Å². The van der Waals surface area contributed by atoms with Crippen molar-refractivity contribution < 1.29 is 44.0 Å². The number of hydrogen-bond acceptors (Lipinski definition) is 6. The van der Waals surface area contributed by atoms with Gasteiger partial charge in [0, 0.05) is 11.1 Å². The fourth-order valence-electron chi connectivity index (χ4n) is 2.37. The first-order valence-corrected chi connectivity index (χ1v) is 7.28. The molecule has 0 heterocycles. The average Bonchev–Trinajstić information content (AvgIpc) is 2.65. The fraction of sp³-hybridized carbons (Fsp3) is 0.0556. The SMILES string of the molecule is COC(=O)c1cc(C(=O)c2ccc(C(=O)O)c(C(=O)O)c2)ccc1C(=O)O. The predicted octanol–water partition coefficient (Wildman–Crippen LogP) is 1.80. The molecular weight excluding hydrogens is 360 g/mol. The van der Waals surface area contributed by atoms with Crippen LogP contribution in [0.5, 0.6) is 0 Å². The molecule has 0 bridgehead atoms. The average molecular weight is 372 g/mol. The standard InChI is InChI=1S/C18H12O9/c1-27-18(26)13-7-9(3-5-11(13)16(22)23)14(19)8-2-4-10(15(20)21)12(6-8)17(24)25/h2-7H,1H3,(H,20,21)(H,22,23)(H,24,25). The monoisotopic (exact) mass is 372 g/mol. The number of carbonyl (C=O) groups is 5. The summed E-state index contributed by atoms with van der Waals surface area (Å²) in [5.74, 6) is -6.08. The van der Waals surface area contributed by atoms with Gasteiger partial charge in [-0.05, 0) is 24.3 Å². The molecule has 0 amide bonds. The molecule has 0 aliphatic heterocycles. The Morgan fingerprint density at radius 1 is 0.667 bits per heavy atom. The molecule has 0 fully saturated rings. The number of ether oxygens (including phenoxy) is 1. The van der Waals surface area contributed by atoms with Crippen molar-refractivity contribution in [2.75, 3.05) is 7.11 Å². The van der Waals surface area contributed by atoms with Crippen LogP contribution in [-0.2, 0) is 4.74 Å². The molecule has 0 atom stereocenters. The van der Waals surface area contributed by atoms with Crippen molar-refractivity contribution in [2.45, 2.75) is 0 Å². The normalized spacial score (nSPS) is 10.1. The Bertz CT molecular complexity index is 988. The maximum atomic E-state index is 12.6. The van der Waals surface area contributed by atoms with Gasteiger partial charge in [-0.15, -0.1) is 0 Å². The summed E-state index contributed by atoms with van der Waals surface area (Å²) in [7, 11) is 1.05. The smallest absolute Gasteiger partial charge is 0.338 e. The van der Waals surface area contributed by atoms with Gasteiger partial charge in [-0.25, -0.2) is 19.2 Å².